The molecular formula is C17H20N2O2. The van der Waals surface area contributed by atoms with Crippen molar-refractivity contribution < 1.29 is 4.92 Å². The number of hydrogen-bond donors (Lipinski definition) is 1. The van der Waals surface area contributed by atoms with Crippen LogP contribution in [0.2, 0.25) is 0 Å². The van der Waals surface area contributed by atoms with Crippen molar-refractivity contribution in [2.24, 2.45) is 5.73 Å². The van der Waals surface area contributed by atoms with E-state index in [4.69, 9.17) is 5.73 Å². The lowest BCUT2D eigenvalue weighted by atomic mass is 9.90. The van der Waals surface area contributed by atoms with Crippen LogP contribution in [-0.4, -0.2) is 4.92 Å². The van der Waals surface area contributed by atoms with Gasteiger partial charge < -0.3 is 5.73 Å². The van der Waals surface area contributed by atoms with Crippen LogP contribution in [0.5, 0.6) is 0 Å². The summed E-state index contributed by atoms with van der Waals surface area (Å²) in [6.45, 7) is 7.86. The van der Waals surface area contributed by atoms with E-state index in [9.17, 15) is 10.1 Å². The van der Waals surface area contributed by atoms with Crippen molar-refractivity contribution in [2.45, 2.75) is 33.7 Å². The van der Waals surface area contributed by atoms with Gasteiger partial charge in [-0.05, 0) is 55.5 Å². The Morgan fingerprint density at radius 2 is 1.67 bits per heavy atom. The summed E-state index contributed by atoms with van der Waals surface area (Å²) in [6.07, 6.45) is 0. The normalized spacial score (nSPS) is 12.2. The summed E-state index contributed by atoms with van der Waals surface area (Å²) < 4.78 is 0. The number of nitro benzene ring substituents is 1. The van der Waals surface area contributed by atoms with Crippen LogP contribution < -0.4 is 5.73 Å². The molecule has 0 amide bonds. The van der Waals surface area contributed by atoms with Crippen LogP contribution in [0.4, 0.5) is 5.69 Å². The molecule has 110 valence electrons. The smallest absolute Gasteiger partial charge is 0.270 e. The molecule has 2 aromatic rings. The molecule has 0 spiro atoms. The summed E-state index contributed by atoms with van der Waals surface area (Å²) in [4.78, 5) is 10.7. The van der Waals surface area contributed by atoms with E-state index in [1.54, 1.807) is 12.1 Å². The highest BCUT2D eigenvalue weighted by Gasteiger charge is 2.19. The van der Waals surface area contributed by atoms with Crippen molar-refractivity contribution in [3.8, 4) is 0 Å². The van der Waals surface area contributed by atoms with Gasteiger partial charge in [0.25, 0.3) is 5.69 Å². The molecule has 2 N–H and O–H groups in total. The Morgan fingerprint density at radius 1 is 1.00 bits per heavy atom. The number of aryl methyl sites for hydroxylation is 3. The van der Waals surface area contributed by atoms with E-state index in [0.29, 0.717) is 0 Å². The zero-order valence-electron chi connectivity index (χ0n) is 12.8. The van der Waals surface area contributed by atoms with Gasteiger partial charge in [0, 0.05) is 12.1 Å². The minimum absolute atomic E-state index is 0.0915. The Bertz CT molecular complexity index is 708. The first-order valence-electron chi connectivity index (χ1n) is 6.89. The second kappa shape index (κ2) is 5.66. The van der Waals surface area contributed by atoms with Gasteiger partial charge in [0.1, 0.15) is 0 Å². The number of nitro groups is 1. The molecule has 0 fully saturated rings. The first-order chi connectivity index (χ1) is 9.81. The SMILES string of the molecule is Cc1ccc(C)c(C(N)c2cc([N+](=O)[O-])cc(C)c2C)c1. The molecule has 0 radical (unpaired) electrons. The average Bonchev–Trinajstić information content (AvgIpc) is 2.43. The molecule has 0 saturated heterocycles. The Labute approximate surface area is 124 Å². The van der Waals surface area contributed by atoms with Gasteiger partial charge in [-0.2, -0.15) is 0 Å². The third kappa shape index (κ3) is 2.95. The van der Waals surface area contributed by atoms with Crippen LogP contribution in [0, 0.1) is 37.8 Å². The summed E-state index contributed by atoms with van der Waals surface area (Å²) in [6, 6.07) is 8.95. The Hall–Kier alpha value is -2.20. The van der Waals surface area contributed by atoms with Gasteiger partial charge >= 0.3 is 0 Å². The molecular weight excluding hydrogens is 264 g/mol. The third-order valence-corrected chi connectivity index (χ3v) is 4.01. The molecule has 4 nitrogen and oxygen atoms in total. The first kappa shape index (κ1) is 15.2. The lowest BCUT2D eigenvalue weighted by Gasteiger charge is -2.19. The Kier molecular flexibility index (Phi) is 4.09. The lowest BCUT2D eigenvalue weighted by Crippen LogP contribution is -2.15. The molecule has 0 aliphatic carbocycles. The molecule has 0 aromatic heterocycles. The molecule has 0 saturated carbocycles. The van der Waals surface area contributed by atoms with E-state index in [1.807, 2.05) is 45.9 Å². The summed E-state index contributed by atoms with van der Waals surface area (Å²) in [7, 11) is 0. The van der Waals surface area contributed by atoms with Crippen molar-refractivity contribution in [3.05, 3.63) is 73.8 Å². The van der Waals surface area contributed by atoms with Crippen LogP contribution in [0.1, 0.15) is 39.4 Å². The highest BCUT2D eigenvalue weighted by molar-refractivity contribution is 5.49. The number of non-ortho nitro benzene ring substituents is 1. The van der Waals surface area contributed by atoms with Crippen LogP contribution in [0.3, 0.4) is 0 Å². The second-order valence-corrected chi connectivity index (χ2v) is 5.57. The predicted molar refractivity (Wildman–Crippen MR) is 84.5 cm³/mol. The fraction of sp³-hybridized carbons (Fsp3) is 0.294. The van der Waals surface area contributed by atoms with E-state index < -0.39 is 0 Å². The summed E-state index contributed by atoms with van der Waals surface area (Å²) in [5.74, 6) is 0. The van der Waals surface area contributed by atoms with Crippen molar-refractivity contribution in [2.75, 3.05) is 0 Å². The minimum Gasteiger partial charge on any atom is -0.320 e. The maximum Gasteiger partial charge on any atom is 0.270 e. The summed E-state index contributed by atoms with van der Waals surface area (Å²) in [5.41, 5.74) is 12.4. The number of hydrogen-bond acceptors (Lipinski definition) is 3. The number of nitrogens with two attached hydrogens (primary N) is 1. The molecule has 0 bridgehead atoms. The third-order valence-electron chi connectivity index (χ3n) is 4.01. The molecule has 1 unspecified atom stereocenters. The number of nitrogens with zero attached hydrogens (tertiary/aromatic N) is 1. The summed E-state index contributed by atoms with van der Waals surface area (Å²) in [5, 5.41) is 11.1. The van der Waals surface area contributed by atoms with Gasteiger partial charge in [-0.15, -0.1) is 0 Å². The fourth-order valence-electron chi connectivity index (χ4n) is 2.56. The minimum atomic E-state index is -0.369. The van der Waals surface area contributed by atoms with Gasteiger partial charge in [0.15, 0.2) is 0 Å². The Morgan fingerprint density at radius 3 is 2.29 bits per heavy atom. The average molecular weight is 284 g/mol. The highest BCUT2D eigenvalue weighted by atomic mass is 16.6. The van der Waals surface area contributed by atoms with Gasteiger partial charge in [0.05, 0.1) is 11.0 Å². The lowest BCUT2D eigenvalue weighted by molar-refractivity contribution is -0.385. The van der Waals surface area contributed by atoms with Crippen LogP contribution in [0.15, 0.2) is 30.3 Å². The molecule has 2 rings (SSSR count). The van der Waals surface area contributed by atoms with E-state index in [-0.39, 0.29) is 16.7 Å². The number of benzene rings is 2. The molecule has 0 heterocycles. The highest BCUT2D eigenvalue weighted by Crippen LogP contribution is 2.30. The van der Waals surface area contributed by atoms with Gasteiger partial charge in [-0.1, -0.05) is 23.8 Å². The van der Waals surface area contributed by atoms with Gasteiger partial charge in [-0.3, -0.25) is 10.1 Å². The standard InChI is InChI=1S/C17H20N2O2/c1-10-5-6-11(2)15(7-10)17(18)16-9-14(19(20)21)8-12(3)13(16)4/h5-9,17H,18H2,1-4H3. The first-order valence-corrected chi connectivity index (χ1v) is 6.89. The zero-order chi connectivity index (χ0) is 15.7. The quantitative estimate of drug-likeness (QED) is 0.687. The number of rotatable bonds is 3. The second-order valence-electron chi connectivity index (χ2n) is 5.57. The topological polar surface area (TPSA) is 69.2 Å². The summed E-state index contributed by atoms with van der Waals surface area (Å²) >= 11 is 0. The van der Waals surface area contributed by atoms with Crippen LogP contribution in [-0.2, 0) is 0 Å². The molecule has 1 atom stereocenters. The fourth-order valence-corrected chi connectivity index (χ4v) is 2.56. The maximum absolute atomic E-state index is 11.1. The molecule has 2 aromatic carbocycles. The van der Waals surface area contributed by atoms with E-state index in [1.165, 1.54) is 0 Å². The van der Waals surface area contributed by atoms with Gasteiger partial charge in [0.2, 0.25) is 0 Å². The van der Waals surface area contributed by atoms with E-state index in [2.05, 4.69) is 0 Å². The largest absolute Gasteiger partial charge is 0.320 e. The zero-order valence-corrected chi connectivity index (χ0v) is 12.8. The van der Waals surface area contributed by atoms with Crippen molar-refractivity contribution >= 4 is 5.69 Å². The Balaban J connectivity index is 2.59. The van der Waals surface area contributed by atoms with E-state index in [0.717, 1.165) is 33.4 Å². The van der Waals surface area contributed by atoms with Crippen molar-refractivity contribution in [3.63, 3.8) is 0 Å². The monoisotopic (exact) mass is 284 g/mol. The van der Waals surface area contributed by atoms with Gasteiger partial charge in [-0.25, -0.2) is 0 Å². The predicted octanol–water partition coefficient (Wildman–Crippen LogP) is 3.88. The molecule has 21 heavy (non-hydrogen) atoms. The molecule has 4 heteroatoms. The van der Waals surface area contributed by atoms with Crippen molar-refractivity contribution in [1.29, 1.82) is 0 Å². The molecule has 0 aliphatic heterocycles. The molecule has 0 aliphatic rings. The van der Waals surface area contributed by atoms with Crippen LogP contribution >= 0.6 is 0 Å². The maximum atomic E-state index is 11.1. The van der Waals surface area contributed by atoms with Crippen LogP contribution in [0.25, 0.3) is 0 Å². The van der Waals surface area contributed by atoms with E-state index >= 15 is 0 Å². The van der Waals surface area contributed by atoms with Crippen molar-refractivity contribution in [1.82, 2.24) is 0 Å².